The van der Waals surface area contributed by atoms with Crippen molar-refractivity contribution in [3.63, 3.8) is 0 Å². The molecule has 1 unspecified atom stereocenters. The molecule has 162 valence electrons. The molecular formula is C20H26FN5O3S. The van der Waals surface area contributed by atoms with E-state index in [1.807, 2.05) is 0 Å². The summed E-state index contributed by atoms with van der Waals surface area (Å²) in [4.78, 5) is 26.5. The monoisotopic (exact) mass is 435 g/mol. The van der Waals surface area contributed by atoms with Gasteiger partial charge >= 0.3 is 0 Å². The van der Waals surface area contributed by atoms with E-state index in [4.69, 9.17) is 4.74 Å². The standard InChI is InChI=1S/C20H26FN5O3S/c1-14(26-10-2-3-11-26)8-9-22-17(27)12-29-13-18-24-25-20(30-18)19(28)23-16-6-4-15(21)5-7-16/h4-7,14H,2-3,8-13H2,1H3,(H,22,27)(H,23,28). The van der Waals surface area contributed by atoms with E-state index in [0.717, 1.165) is 30.8 Å². The molecule has 0 bridgehead atoms. The molecule has 0 radical (unpaired) electrons. The van der Waals surface area contributed by atoms with E-state index >= 15 is 0 Å². The van der Waals surface area contributed by atoms with Gasteiger partial charge < -0.3 is 20.3 Å². The van der Waals surface area contributed by atoms with Gasteiger partial charge in [-0.2, -0.15) is 0 Å². The quantitative estimate of drug-likeness (QED) is 0.595. The Bertz CT molecular complexity index is 839. The molecule has 0 spiro atoms. The number of nitrogens with one attached hydrogen (secondary N) is 2. The highest BCUT2D eigenvalue weighted by Gasteiger charge is 2.18. The number of ether oxygens (including phenoxy) is 1. The van der Waals surface area contributed by atoms with E-state index in [1.165, 1.54) is 37.1 Å². The largest absolute Gasteiger partial charge is 0.364 e. The number of anilines is 1. The molecule has 2 heterocycles. The fraction of sp³-hybridized carbons (Fsp3) is 0.500. The van der Waals surface area contributed by atoms with Crippen LogP contribution in [0.5, 0.6) is 0 Å². The van der Waals surface area contributed by atoms with Crippen molar-refractivity contribution in [1.29, 1.82) is 0 Å². The highest BCUT2D eigenvalue weighted by molar-refractivity contribution is 7.13. The number of hydrogen-bond acceptors (Lipinski definition) is 7. The molecule has 1 saturated heterocycles. The van der Waals surface area contributed by atoms with Crippen molar-refractivity contribution < 1.29 is 18.7 Å². The van der Waals surface area contributed by atoms with E-state index in [-0.39, 0.29) is 29.9 Å². The van der Waals surface area contributed by atoms with Crippen LogP contribution in [0.25, 0.3) is 0 Å². The van der Waals surface area contributed by atoms with Crippen molar-refractivity contribution in [2.75, 3.05) is 31.6 Å². The van der Waals surface area contributed by atoms with E-state index < -0.39 is 5.91 Å². The molecule has 3 rings (SSSR count). The van der Waals surface area contributed by atoms with Gasteiger partial charge in [0.1, 0.15) is 24.0 Å². The first-order valence-corrected chi connectivity index (χ1v) is 10.8. The number of likely N-dealkylation sites (tertiary alicyclic amines) is 1. The first kappa shape index (κ1) is 22.3. The minimum absolute atomic E-state index is 0.0746. The maximum atomic E-state index is 12.9. The van der Waals surface area contributed by atoms with Crippen LogP contribution >= 0.6 is 11.3 Å². The number of benzene rings is 1. The molecule has 1 fully saturated rings. The van der Waals surface area contributed by atoms with Gasteiger partial charge in [-0.25, -0.2) is 4.39 Å². The lowest BCUT2D eigenvalue weighted by atomic mass is 10.2. The molecule has 1 aliphatic heterocycles. The fourth-order valence-electron chi connectivity index (χ4n) is 3.19. The zero-order chi connectivity index (χ0) is 21.3. The summed E-state index contributed by atoms with van der Waals surface area (Å²) in [5.74, 6) is -0.994. The smallest absolute Gasteiger partial charge is 0.286 e. The normalized spacial score (nSPS) is 15.1. The van der Waals surface area contributed by atoms with E-state index in [9.17, 15) is 14.0 Å². The molecule has 2 N–H and O–H groups in total. The third kappa shape index (κ3) is 6.82. The molecule has 8 nitrogen and oxygen atoms in total. The van der Waals surface area contributed by atoms with Gasteiger partial charge in [-0.05, 0) is 63.5 Å². The average Bonchev–Trinajstić information content (AvgIpc) is 3.42. The van der Waals surface area contributed by atoms with E-state index in [1.54, 1.807) is 0 Å². The summed E-state index contributed by atoms with van der Waals surface area (Å²) in [6.07, 6.45) is 3.42. The lowest BCUT2D eigenvalue weighted by molar-refractivity contribution is -0.126. The second-order valence-corrected chi connectivity index (χ2v) is 8.25. The lowest BCUT2D eigenvalue weighted by Crippen LogP contribution is -2.35. The van der Waals surface area contributed by atoms with Crippen LogP contribution in [0, 0.1) is 5.82 Å². The summed E-state index contributed by atoms with van der Waals surface area (Å²) in [5.41, 5.74) is 0.463. The maximum absolute atomic E-state index is 12.9. The van der Waals surface area contributed by atoms with Crippen LogP contribution in [-0.4, -0.2) is 59.2 Å². The Balaban J connectivity index is 1.33. The van der Waals surface area contributed by atoms with Crippen molar-refractivity contribution >= 4 is 28.8 Å². The molecule has 30 heavy (non-hydrogen) atoms. The number of aromatic nitrogens is 2. The Morgan fingerprint density at radius 2 is 1.97 bits per heavy atom. The predicted molar refractivity (Wildman–Crippen MR) is 112 cm³/mol. The van der Waals surface area contributed by atoms with Crippen LogP contribution in [0.4, 0.5) is 10.1 Å². The first-order valence-electron chi connectivity index (χ1n) is 9.99. The van der Waals surface area contributed by atoms with Crippen LogP contribution < -0.4 is 10.6 Å². The summed E-state index contributed by atoms with van der Waals surface area (Å²) in [5, 5.41) is 13.9. The van der Waals surface area contributed by atoms with Crippen LogP contribution in [0.2, 0.25) is 0 Å². The number of rotatable bonds is 10. The summed E-state index contributed by atoms with van der Waals surface area (Å²) in [6.45, 7) is 5.11. The van der Waals surface area contributed by atoms with Crippen molar-refractivity contribution in [2.45, 2.75) is 38.8 Å². The van der Waals surface area contributed by atoms with Crippen molar-refractivity contribution in [1.82, 2.24) is 20.4 Å². The molecule has 0 aliphatic carbocycles. The Morgan fingerprint density at radius 3 is 2.70 bits per heavy atom. The zero-order valence-electron chi connectivity index (χ0n) is 16.9. The lowest BCUT2D eigenvalue weighted by Gasteiger charge is -2.23. The van der Waals surface area contributed by atoms with Gasteiger partial charge in [-0.3, -0.25) is 9.59 Å². The van der Waals surface area contributed by atoms with Gasteiger partial charge in [0.15, 0.2) is 0 Å². The average molecular weight is 436 g/mol. The van der Waals surface area contributed by atoms with Crippen molar-refractivity contribution in [2.24, 2.45) is 0 Å². The number of hydrogen-bond donors (Lipinski definition) is 2. The van der Waals surface area contributed by atoms with E-state index in [0.29, 0.717) is 23.3 Å². The second-order valence-electron chi connectivity index (χ2n) is 7.19. The van der Waals surface area contributed by atoms with Gasteiger partial charge in [0.25, 0.3) is 5.91 Å². The van der Waals surface area contributed by atoms with Gasteiger partial charge in [-0.15, -0.1) is 10.2 Å². The number of nitrogens with zero attached hydrogens (tertiary/aromatic N) is 3. The Kier molecular flexibility index (Phi) is 8.23. The van der Waals surface area contributed by atoms with Crippen LogP contribution in [0.15, 0.2) is 24.3 Å². The van der Waals surface area contributed by atoms with Crippen LogP contribution in [0.3, 0.4) is 0 Å². The molecule has 1 aliphatic rings. The molecule has 1 aromatic carbocycles. The highest BCUT2D eigenvalue weighted by Crippen LogP contribution is 2.15. The minimum Gasteiger partial charge on any atom is -0.364 e. The summed E-state index contributed by atoms with van der Waals surface area (Å²) >= 11 is 1.08. The topological polar surface area (TPSA) is 96.5 Å². The number of carbonyl (C=O) groups is 2. The highest BCUT2D eigenvalue weighted by atomic mass is 32.1. The molecule has 1 aromatic heterocycles. The predicted octanol–water partition coefficient (Wildman–Crippen LogP) is 2.44. The molecule has 2 aromatic rings. The SMILES string of the molecule is CC(CCNC(=O)COCc1nnc(C(=O)Nc2ccc(F)cc2)s1)N1CCCC1. The molecule has 2 amide bonds. The molecule has 1 atom stereocenters. The summed E-state index contributed by atoms with van der Waals surface area (Å²) in [7, 11) is 0. The Hall–Kier alpha value is -2.43. The van der Waals surface area contributed by atoms with Crippen LogP contribution in [-0.2, 0) is 16.1 Å². The van der Waals surface area contributed by atoms with Gasteiger partial charge in [0.05, 0.1) is 0 Å². The fourth-order valence-corrected chi connectivity index (χ4v) is 3.86. The third-order valence-corrected chi connectivity index (χ3v) is 5.77. The summed E-state index contributed by atoms with van der Waals surface area (Å²) < 4.78 is 18.3. The third-order valence-electron chi connectivity index (χ3n) is 4.87. The molecule has 10 heteroatoms. The molecule has 0 saturated carbocycles. The Morgan fingerprint density at radius 1 is 1.23 bits per heavy atom. The maximum Gasteiger partial charge on any atom is 0.286 e. The Labute approximate surface area is 178 Å². The second kappa shape index (κ2) is 11.1. The first-order chi connectivity index (χ1) is 14.5. The van der Waals surface area contributed by atoms with Crippen LogP contribution in [0.1, 0.15) is 41.0 Å². The number of carbonyl (C=O) groups excluding carboxylic acids is 2. The van der Waals surface area contributed by atoms with Gasteiger partial charge in [0.2, 0.25) is 10.9 Å². The van der Waals surface area contributed by atoms with Gasteiger partial charge in [0, 0.05) is 18.3 Å². The molecular weight excluding hydrogens is 409 g/mol. The van der Waals surface area contributed by atoms with E-state index in [2.05, 4.69) is 32.7 Å². The zero-order valence-corrected chi connectivity index (χ0v) is 17.7. The number of amides is 2. The minimum atomic E-state index is -0.435. The summed E-state index contributed by atoms with van der Waals surface area (Å²) in [6, 6.07) is 5.90. The van der Waals surface area contributed by atoms with Gasteiger partial charge in [-0.1, -0.05) is 11.3 Å². The van der Waals surface area contributed by atoms with Crippen molar-refractivity contribution in [3.05, 3.63) is 40.1 Å². The van der Waals surface area contributed by atoms with Crippen molar-refractivity contribution in [3.8, 4) is 0 Å². The number of halogens is 1.